The number of aryl methyl sites for hydroxylation is 1. The highest BCUT2D eigenvalue weighted by atomic mass is 32.2. The van der Waals surface area contributed by atoms with Crippen LogP contribution in [0.25, 0.3) is 0 Å². The summed E-state index contributed by atoms with van der Waals surface area (Å²) in [5.74, 6) is 0. The summed E-state index contributed by atoms with van der Waals surface area (Å²) < 4.78 is 50.1. The molecule has 1 aromatic rings. The fourth-order valence-electron chi connectivity index (χ4n) is 1.41. The second-order valence-electron chi connectivity index (χ2n) is 4.09. The van der Waals surface area contributed by atoms with Gasteiger partial charge in [0.2, 0.25) is 20.0 Å². The average Bonchev–Trinajstić information content (AvgIpc) is 2.26. The summed E-state index contributed by atoms with van der Waals surface area (Å²) in [6, 6.07) is 4.58. The SMILES string of the molecule is Cc1ccc(N)cc1S(=O)(=O)NCCNS(C)(=O)=O. The highest BCUT2D eigenvalue weighted by molar-refractivity contribution is 7.89. The van der Waals surface area contributed by atoms with Crippen molar-refractivity contribution >= 4 is 25.7 Å². The zero-order valence-electron chi connectivity index (χ0n) is 10.7. The second kappa shape index (κ2) is 5.87. The van der Waals surface area contributed by atoms with Gasteiger partial charge in [0.15, 0.2) is 0 Å². The lowest BCUT2D eigenvalue weighted by molar-refractivity contribution is 0.573. The highest BCUT2D eigenvalue weighted by Crippen LogP contribution is 2.17. The number of nitrogen functional groups attached to an aromatic ring is 1. The maximum Gasteiger partial charge on any atom is 0.240 e. The standard InChI is InChI=1S/C10H17N3O4S2/c1-8-3-4-9(11)7-10(8)19(16,17)13-6-5-12-18(2,14)15/h3-4,7,12-13H,5-6,11H2,1-2H3. The van der Waals surface area contributed by atoms with Gasteiger partial charge in [-0.3, -0.25) is 0 Å². The van der Waals surface area contributed by atoms with Crippen LogP contribution in [-0.4, -0.2) is 36.2 Å². The van der Waals surface area contributed by atoms with Gasteiger partial charge in [0.25, 0.3) is 0 Å². The van der Waals surface area contributed by atoms with E-state index in [1.165, 1.54) is 6.07 Å². The van der Waals surface area contributed by atoms with Crippen LogP contribution in [0, 0.1) is 6.92 Å². The molecule has 1 rings (SSSR count). The van der Waals surface area contributed by atoms with Gasteiger partial charge in [-0.2, -0.15) is 0 Å². The van der Waals surface area contributed by atoms with Crippen LogP contribution in [0.4, 0.5) is 5.69 Å². The van der Waals surface area contributed by atoms with Crippen LogP contribution in [0.3, 0.4) is 0 Å². The Hall–Kier alpha value is -1.16. The lowest BCUT2D eigenvalue weighted by Gasteiger charge is -2.10. The average molecular weight is 307 g/mol. The van der Waals surface area contributed by atoms with E-state index >= 15 is 0 Å². The van der Waals surface area contributed by atoms with Gasteiger partial charge in [-0.05, 0) is 24.6 Å². The first kappa shape index (κ1) is 15.9. The van der Waals surface area contributed by atoms with Gasteiger partial charge in [-0.1, -0.05) is 6.07 Å². The molecule has 4 N–H and O–H groups in total. The first-order chi connectivity index (χ1) is 8.62. The Labute approximate surface area is 113 Å². The molecule has 0 saturated heterocycles. The lowest BCUT2D eigenvalue weighted by Crippen LogP contribution is -2.34. The van der Waals surface area contributed by atoms with Gasteiger partial charge < -0.3 is 5.73 Å². The summed E-state index contributed by atoms with van der Waals surface area (Å²) in [4.78, 5) is 0.0897. The highest BCUT2D eigenvalue weighted by Gasteiger charge is 2.16. The summed E-state index contributed by atoms with van der Waals surface area (Å²) in [5.41, 5.74) is 6.47. The van der Waals surface area contributed by atoms with Crippen molar-refractivity contribution in [1.82, 2.24) is 9.44 Å². The number of nitrogens with two attached hydrogens (primary N) is 1. The molecule has 0 radical (unpaired) electrons. The molecule has 0 saturated carbocycles. The zero-order valence-corrected chi connectivity index (χ0v) is 12.3. The molecule has 0 aliphatic heterocycles. The number of sulfonamides is 2. The maximum absolute atomic E-state index is 12.0. The molecule has 1 aromatic carbocycles. The van der Waals surface area contributed by atoms with Crippen LogP contribution in [0.5, 0.6) is 0 Å². The zero-order chi connectivity index (χ0) is 14.7. The number of benzene rings is 1. The first-order valence-corrected chi connectivity index (χ1v) is 8.80. The molecule has 9 heteroatoms. The summed E-state index contributed by atoms with van der Waals surface area (Å²) in [6.07, 6.45) is 1.00. The normalized spacial score (nSPS) is 12.5. The van der Waals surface area contributed by atoms with E-state index in [9.17, 15) is 16.8 Å². The Morgan fingerprint density at radius 3 is 2.26 bits per heavy atom. The molecule has 108 valence electrons. The van der Waals surface area contributed by atoms with E-state index < -0.39 is 20.0 Å². The van der Waals surface area contributed by atoms with Crippen LogP contribution >= 0.6 is 0 Å². The number of rotatable bonds is 6. The van der Waals surface area contributed by atoms with Crippen molar-refractivity contribution in [2.45, 2.75) is 11.8 Å². The second-order valence-corrected chi connectivity index (χ2v) is 7.66. The molecule has 0 unspecified atom stereocenters. The van der Waals surface area contributed by atoms with Crippen molar-refractivity contribution in [2.75, 3.05) is 25.1 Å². The van der Waals surface area contributed by atoms with Crippen LogP contribution < -0.4 is 15.2 Å². The van der Waals surface area contributed by atoms with E-state index in [1.54, 1.807) is 19.1 Å². The predicted molar refractivity (Wildman–Crippen MR) is 73.6 cm³/mol. The van der Waals surface area contributed by atoms with Crippen molar-refractivity contribution < 1.29 is 16.8 Å². The Kier molecular flexibility index (Phi) is 4.91. The minimum absolute atomic E-state index is 0.0145. The summed E-state index contributed by atoms with van der Waals surface area (Å²) in [7, 11) is -7.02. The van der Waals surface area contributed by atoms with Gasteiger partial charge >= 0.3 is 0 Å². The van der Waals surface area contributed by atoms with Crippen LogP contribution in [0.15, 0.2) is 23.1 Å². The molecule has 0 heterocycles. The molecule has 0 aliphatic rings. The third-order valence-corrected chi connectivity index (χ3v) is 4.61. The third kappa shape index (κ3) is 5.15. The Morgan fingerprint density at radius 1 is 1.11 bits per heavy atom. The molecule has 0 spiro atoms. The molecule has 0 fully saturated rings. The maximum atomic E-state index is 12.0. The lowest BCUT2D eigenvalue weighted by atomic mass is 10.2. The van der Waals surface area contributed by atoms with E-state index in [4.69, 9.17) is 5.73 Å². The van der Waals surface area contributed by atoms with Crippen LogP contribution in [0.1, 0.15) is 5.56 Å². The van der Waals surface area contributed by atoms with E-state index in [1.807, 2.05) is 0 Å². The summed E-state index contributed by atoms with van der Waals surface area (Å²) >= 11 is 0. The third-order valence-electron chi connectivity index (χ3n) is 2.28. The van der Waals surface area contributed by atoms with Crippen molar-refractivity contribution in [2.24, 2.45) is 0 Å². The van der Waals surface area contributed by atoms with Gasteiger partial charge in [0, 0.05) is 18.8 Å². The van der Waals surface area contributed by atoms with E-state index in [0.717, 1.165) is 6.26 Å². The molecule has 7 nitrogen and oxygen atoms in total. The smallest absolute Gasteiger partial charge is 0.240 e. The number of anilines is 1. The molecular weight excluding hydrogens is 290 g/mol. The van der Waals surface area contributed by atoms with Crippen molar-refractivity contribution in [3.8, 4) is 0 Å². The fraction of sp³-hybridized carbons (Fsp3) is 0.400. The monoisotopic (exact) mass is 307 g/mol. The minimum Gasteiger partial charge on any atom is -0.399 e. The molecule has 0 amide bonds. The van der Waals surface area contributed by atoms with Crippen molar-refractivity contribution in [3.63, 3.8) is 0 Å². The topological polar surface area (TPSA) is 118 Å². The van der Waals surface area contributed by atoms with Gasteiger partial charge in [-0.15, -0.1) is 0 Å². The predicted octanol–water partition coefficient (Wildman–Crippen LogP) is -0.595. The van der Waals surface area contributed by atoms with Gasteiger partial charge in [0.05, 0.1) is 11.2 Å². The molecule has 0 aromatic heterocycles. The summed E-state index contributed by atoms with van der Waals surface area (Å²) in [6.45, 7) is 1.60. The number of nitrogens with one attached hydrogen (secondary N) is 2. The molecular formula is C10H17N3O4S2. The fourth-order valence-corrected chi connectivity index (χ4v) is 3.19. The van der Waals surface area contributed by atoms with Crippen molar-refractivity contribution in [3.05, 3.63) is 23.8 Å². The van der Waals surface area contributed by atoms with E-state index in [0.29, 0.717) is 11.3 Å². The quantitative estimate of drug-likeness (QED) is 0.479. The van der Waals surface area contributed by atoms with Crippen molar-refractivity contribution in [1.29, 1.82) is 0 Å². The Balaban J connectivity index is 2.74. The number of hydrogen-bond donors (Lipinski definition) is 3. The van der Waals surface area contributed by atoms with E-state index in [2.05, 4.69) is 9.44 Å². The number of hydrogen-bond acceptors (Lipinski definition) is 5. The molecule has 19 heavy (non-hydrogen) atoms. The van der Waals surface area contributed by atoms with Crippen LogP contribution in [-0.2, 0) is 20.0 Å². The largest absolute Gasteiger partial charge is 0.399 e. The molecule has 0 aliphatic carbocycles. The molecule has 0 atom stereocenters. The molecule has 0 bridgehead atoms. The Morgan fingerprint density at radius 2 is 1.68 bits per heavy atom. The van der Waals surface area contributed by atoms with Gasteiger partial charge in [0.1, 0.15) is 0 Å². The first-order valence-electron chi connectivity index (χ1n) is 5.42. The van der Waals surface area contributed by atoms with E-state index in [-0.39, 0.29) is 18.0 Å². The van der Waals surface area contributed by atoms with Crippen LogP contribution in [0.2, 0.25) is 0 Å². The minimum atomic E-state index is -3.70. The summed E-state index contributed by atoms with van der Waals surface area (Å²) in [5, 5.41) is 0. The van der Waals surface area contributed by atoms with Gasteiger partial charge in [-0.25, -0.2) is 26.3 Å². The Bertz CT molecular complexity index is 653.